The van der Waals surface area contributed by atoms with Gasteiger partial charge in [0.05, 0.1) is 16.8 Å². The van der Waals surface area contributed by atoms with Crippen LogP contribution in [0.1, 0.15) is 19.8 Å². The van der Waals surface area contributed by atoms with Crippen LogP contribution in [-0.2, 0) is 9.53 Å². The molecule has 0 radical (unpaired) electrons. The first kappa shape index (κ1) is 18.0. The maximum Gasteiger partial charge on any atom is 0.253 e. The Hall–Kier alpha value is -1.77. The van der Waals surface area contributed by atoms with Crippen LogP contribution in [0.2, 0.25) is 0 Å². The molecule has 0 bridgehead atoms. The summed E-state index contributed by atoms with van der Waals surface area (Å²) in [6.45, 7) is 3.48. The Morgan fingerprint density at radius 2 is 2.40 bits per heavy atom. The fourth-order valence-corrected chi connectivity index (χ4v) is 3.76. The zero-order chi connectivity index (χ0) is 18.0. The molecule has 136 valence electrons. The van der Waals surface area contributed by atoms with Crippen LogP contribution in [0.4, 0.5) is 11.4 Å². The number of anilines is 2. The minimum Gasteiger partial charge on any atom is -0.372 e. The van der Waals surface area contributed by atoms with E-state index in [-0.39, 0.29) is 11.9 Å². The molecule has 2 aromatic rings. The third-order valence-electron chi connectivity index (χ3n) is 4.62. The number of nitrogens with zero attached hydrogens (tertiary/aromatic N) is 2. The number of amides is 1. The van der Waals surface area contributed by atoms with Crippen LogP contribution in [-0.4, -0.2) is 54.5 Å². The smallest absolute Gasteiger partial charge is 0.253 e. The van der Waals surface area contributed by atoms with E-state index in [1.807, 2.05) is 12.5 Å². The van der Waals surface area contributed by atoms with Gasteiger partial charge in [0.2, 0.25) is 0 Å². The van der Waals surface area contributed by atoms with Gasteiger partial charge in [0.1, 0.15) is 11.8 Å². The summed E-state index contributed by atoms with van der Waals surface area (Å²) in [4.78, 5) is 23.3. The summed E-state index contributed by atoms with van der Waals surface area (Å²) in [5, 5.41) is 3.88. The van der Waals surface area contributed by atoms with Gasteiger partial charge in [-0.3, -0.25) is 4.79 Å². The number of hydrogen-bond acceptors (Lipinski definition) is 6. The van der Waals surface area contributed by atoms with Gasteiger partial charge in [-0.25, -0.2) is 4.98 Å². The van der Waals surface area contributed by atoms with Gasteiger partial charge in [0.25, 0.3) is 5.91 Å². The molecule has 0 aliphatic carbocycles. The maximum atomic E-state index is 12.3. The van der Waals surface area contributed by atoms with Gasteiger partial charge in [-0.15, -0.1) is 11.8 Å². The predicted octanol–water partition coefficient (Wildman–Crippen LogP) is 2.19. The molecule has 0 aromatic carbocycles. The Morgan fingerprint density at radius 3 is 3.08 bits per heavy atom. The number of rotatable bonds is 5. The van der Waals surface area contributed by atoms with E-state index in [9.17, 15) is 4.79 Å². The molecule has 0 unspecified atom stereocenters. The number of H-pyrrole nitrogens is 1. The predicted molar refractivity (Wildman–Crippen MR) is 102 cm³/mol. The molecule has 2 atom stereocenters. The van der Waals surface area contributed by atoms with Crippen molar-refractivity contribution >= 4 is 40.1 Å². The Labute approximate surface area is 151 Å². The van der Waals surface area contributed by atoms with Crippen molar-refractivity contribution < 1.29 is 9.53 Å². The van der Waals surface area contributed by atoms with Gasteiger partial charge in [0.15, 0.2) is 0 Å². The van der Waals surface area contributed by atoms with Crippen molar-refractivity contribution in [3.05, 3.63) is 12.4 Å². The maximum absolute atomic E-state index is 12.3. The topological polar surface area (TPSA) is 96.3 Å². The van der Waals surface area contributed by atoms with E-state index in [0.29, 0.717) is 0 Å². The highest BCUT2D eigenvalue weighted by molar-refractivity contribution is 7.98. The third-order valence-corrected chi connectivity index (χ3v) is 5.35. The largest absolute Gasteiger partial charge is 0.372 e. The highest BCUT2D eigenvalue weighted by Crippen LogP contribution is 2.39. The number of carbonyl (C=O) groups excluding carboxylic acids is 1. The molecule has 2 aromatic heterocycles. The Bertz CT molecular complexity index is 763. The number of nitrogens with one attached hydrogen (secondary N) is 2. The summed E-state index contributed by atoms with van der Waals surface area (Å²) < 4.78 is 5.11. The van der Waals surface area contributed by atoms with Crippen LogP contribution in [0.15, 0.2) is 17.3 Å². The standard InChI is InChI=1S/C17H25N5O2S/c1-10(24-2)17(23)21-12-7-19-16-14(12)15(13(25-3)8-20-16)22-6-4-5-11(18)9-22/h7-8,10-11H,4-6,9,18H2,1-3H3,(H,19,20)(H,21,23)/t10-,11+/m0/s1. The lowest BCUT2D eigenvalue weighted by Crippen LogP contribution is -2.43. The number of fused-ring (bicyclic) bond motifs is 1. The molecule has 8 heteroatoms. The van der Waals surface area contributed by atoms with E-state index in [2.05, 4.69) is 20.2 Å². The number of ether oxygens (including phenoxy) is 1. The van der Waals surface area contributed by atoms with Crippen LogP contribution in [0, 0.1) is 0 Å². The highest BCUT2D eigenvalue weighted by Gasteiger charge is 2.25. The summed E-state index contributed by atoms with van der Waals surface area (Å²) in [5.41, 5.74) is 8.76. The number of nitrogens with two attached hydrogens (primary N) is 1. The first-order valence-electron chi connectivity index (χ1n) is 8.43. The average molecular weight is 363 g/mol. The van der Waals surface area contributed by atoms with Crippen molar-refractivity contribution in [2.45, 2.75) is 36.8 Å². The molecular weight excluding hydrogens is 338 g/mol. The highest BCUT2D eigenvalue weighted by atomic mass is 32.2. The molecule has 3 rings (SSSR count). The van der Waals surface area contributed by atoms with Crippen LogP contribution in [0.25, 0.3) is 11.0 Å². The second-order valence-electron chi connectivity index (χ2n) is 6.32. The van der Waals surface area contributed by atoms with E-state index >= 15 is 0 Å². The van der Waals surface area contributed by atoms with Gasteiger partial charge in [-0.05, 0) is 26.0 Å². The van der Waals surface area contributed by atoms with Crippen LogP contribution < -0.4 is 16.0 Å². The number of hydrogen-bond donors (Lipinski definition) is 3. The number of thioether (sulfide) groups is 1. The lowest BCUT2D eigenvalue weighted by molar-refractivity contribution is -0.124. The Morgan fingerprint density at radius 1 is 1.60 bits per heavy atom. The molecule has 1 fully saturated rings. The summed E-state index contributed by atoms with van der Waals surface area (Å²) in [6.07, 6.45) is 7.28. The van der Waals surface area contributed by atoms with Crippen molar-refractivity contribution in [3.63, 3.8) is 0 Å². The van der Waals surface area contributed by atoms with Gasteiger partial charge >= 0.3 is 0 Å². The van der Waals surface area contributed by atoms with Crippen molar-refractivity contribution in [3.8, 4) is 0 Å². The Kier molecular flexibility index (Phi) is 5.51. The number of piperidine rings is 1. The van der Waals surface area contributed by atoms with E-state index in [1.165, 1.54) is 7.11 Å². The number of methoxy groups -OCH3 is 1. The van der Waals surface area contributed by atoms with E-state index in [0.717, 1.165) is 53.2 Å². The minimum atomic E-state index is -0.520. The first-order chi connectivity index (χ1) is 12.0. The lowest BCUT2D eigenvalue weighted by Gasteiger charge is -2.34. The molecule has 0 saturated carbocycles. The van der Waals surface area contributed by atoms with E-state index in [4.69, 9.17) is 10.5 Å². The molecule has 1 saturated heterocycles. The monoisotopic (exact) mass is 363 g/mol. The summed E-state index contributed by atoms with van der Waals surface area (Å²) in [6, 6.07) is 0.164. The normalized spacial score (nSPS) is 19.2. The number of carbonyl (C=O) groups is 1. The first-order valence-corrected chi connectivity index (χ1v) is 9.65. The van der Waals surface area contributed by atoms with E-state index in [1.54, 1.807) is 24.9 Å². The molecule has 4 N–H and O–H groups in total. The van der Waals surface area contributed by atoms with Gasteiger partial charge in [-0.1, -0.05) is 0 Å². The van der Waals surface area contributed by atoms with Crippen molar-refractivity contribution in [2.24, 2.45) is 5.73 Å². The zero-order valence-electron chi connectivity index (χ0n) is 14.8. The summed E-state index contributed by atoms with van der Waals surface area (Å²) in [7, 11) is 1.52. The molecule has 1 amide bonds. The molecule has 0 spiro atoms. The molecule has 7 nitrogen and oxygen atoms in total. The fraction of sp³-hybridized carbons (Fsp3) is 0.529. The molecular formula is C17H25N5O2S. The Balaban J connectivity index is 2.06. The molecule has 25 heavy (non-hydrogen) atoms. The second kappa shape index (κ2) is 7.63. The second-order valence-corrected chi connectivity index (χ2v) is 7.16. The number of aromatic nitrogens is 2. The van der Waals surface area contributed by atoms with Gasteiger partial charge in [-0.2, -0.15) is 0 Å². The third kappa shape index (κ3) is 3.61. The van der Waals surface area contributed by atoms with Crippen LogP contribution >= 0.6 is 11.8 Å². The number of aromatic amines is 1. The lowest BCUT2D eigenvalue weighted by atomic mass is 10.1. The van der Waals surface area contributed by atoms with Gasteiger partial charge in [0, 0.05) is 43.5 Å². The average Bonchev–Trinajstić information content (AvgIpc) is 3.02. The van der Waals surface area contributed by atoms with E-state index < -0.39 is 6.10 Å². The summed E-state index contributed by atoms with van der Waals surface area (Å²) in [5.74, 6) is -0.181. The van der Waals surface area contributed by atoms with Crippen molar-refractivity contribution in [1.29, 1.82) is 0 Å². The zero-order valence-corrected chi connectivity index (χ0v) is 15.7. The fourth-order valence-electron chi connectivity index (χ4n) is 3.18. The van der Waals surface area contributed by atoms with Gasteiger partial charge < -0.3 is 25.7 Å². The van der Waals surface area contributed by atoms with Crippen LogP contribution in [0.5, 0.6) is 0 Å². The molecule has 1 aliphatic heterocycles. The SMILES string of the molecule is CO[C@@H](C)C(=O)Nc1c[nH]c2ncc(SC)c(N3CCC[C@@H](N)C3)c12. The molecule has 3 heterocycles. The summed E-state index contributed by atoms with van der Waals surface area (Å²) >= 11 is 1.65. The minimum absolute atomic E-state index is 0.164. The van der Waals surface area contributed by atoms with Crippen molar-refractivity contribution in [1.82, 2.24) is 9.97 Å². The van der Waals surface area contributed by atoms with Crippen LogP contribution in [0.3, 0.4) is 0 Å². The van der Waals surface area contributed by atoms with Crippen molar-refractivity contribution in [2.75, 3.05) is 36.7 Å². The quantitative estimate of drug-likeness (QED) is 0.705. The number of pyridine rings is 1. The molecule has 1 aliphatic rings.